The molecule has 0 saturated heterocycles. The lowest BCUT2D eigenvalue weighted by Crippen LogP contribution is -2.29. The molecule has 1 amide bonds. The standard InChI is InChI=1S/C16H20N2O4S/c1-12(17)7-9-18-16(19)15-13(8-10-22-15)11-23(20,21)14-5-3-2-4-6-14/h2-6,8,10,12H,7,9,11,17H2,1H3,(H,18,19). The van der Waals surface area contributed by atoms with Gasteiger partial charge in [0.1, 0.15) is 0 Å². The first-order chi connectivity index (χ1) is 10.9. The minimum Gasteiger partial charge on any atom is -0.459 e. The maximum absolute atomic E-state index is 12.4. The third-order valence-corrected chi connectivity index (χ3v) is 4.97. The number of benzene rings is 1. The molecule has 23 heavy (non-hydrogen) atoms. The first-order valence-electron chi connectivity index (χ1n) is 7.28. The number of amides is 1. The highest BCUT2D eigenvalue weighted by Crippen LogP contribution is 2.19. The third kappa shape index (κ3) is 4.67. The van der Waals surface area contributed by atoms with E-state index in [9.17, 15) is 13.2 Å². The molecule has 1 atom stereocenters. The number of carbonyl (C=O) groups is 1. The van der Waals surface area contributed by atoms with Crippen LogP contribution in [0.25, 0.3) is 0 Å². The van der Waals surface area contributed by atoms with E-state index in [-0.39, 0.29) is 22.5 Å². The van der Waals surface area contributed by atoms with Gasteiger partial charge >= 0.3 is 0 Å². The van der Waals surface area contributed by atoms with Gasteiger partial charge in [-0.1, -0.05) is 18.2 Å². The lowest BCUT2D eigenvalue weighted by Gasteiger charge is -2.08. The molecule has 0 fully saturated rings. The van der Waals surface area contributed by atoms with E-state index in [0.717, 1.165) is 0 Å². The topological polar surface area (TPSA) is 102 Å². The van der Waals surface area contributed by atoms with Gasteiger partial charge in [0, 0.05) is 18.2 Å². The van der Waals surface area contributed by atoms with Crippen LogP contribution in [0.2, 0.25) is 0 Å². The summed E-state index contributed by atoms with van der Waals surface area (Å²) in [5.41, 5.74) is 5.96. The molecule has 2 rings (SSSR count). The number of hydrogen-bond donors (Lipinski definition) is 2. The molecule has 124 valence electrons. The summed E-state index contributed by atoms with van der Waals surface area (Å²) in [7, 11) is -3.53. The molecule has 0 bridgehead atoms. The van der Waals surface area contributed by atoms with Gasteiger partial charge in [-0.15, -0.1) is 0 Å². The smallest absolute Gasteiger partial charge is 0.287 e. The highest BCUT2D eigenvalue weighted by atomic mass is 32.2. The van der Waals surface area contributed by atoms with Crippen molar-refractivity contribution in [2.45, 2.75) is 30.0 Å². The number of carbonyl (C=O) groups excluding carboxylic acids is 1. The van der Waals surface area contributed by atoms with Crippen molar-refractivity contribution in [3.8, 4) is 0 Å². The molecule has 1 heterocycles. The van der Waals surface area contributed by atoms with Crippen LogP contribution in [0.1, 0.15) is 29.5 Å². The Morgan fingerprint density at radius 2 is 1.96 bits per heavy atom. The highest BCUT2D eigenvalue weighted by Gasteiger charge is 2.22. The van der Waals surface area contributed by atoms with Crippen molar-refractivity contribution in [3.63, 3.8) is 0 Å². The predicted octanol–water partition coefficient (Wildman–Crippen LogP) is 1.72. The van der Waals surface area contributed by atoms with E-state index in [1.165, 1.54) is 24.5 Å². The van der Waals surface area contributed by atoms with Crippen molar-refractivity contribution >= 4 is 15.7 Å². The Labute approximate surface area is 135 Å². The van der Waals surface area contributed by atoms with Crippen molar-refractivity contribution in [1.29, 1.82) is 0 Å². The van der Waals surface area contributed by atoms with E-state index in [1.807, 2.05) is 6.92 Å². The van der Waals surface area contributed by atoms with Crippen molar-refractivity contribution in [2.24, 2.45) is 5.73 Å². The number of hydrogen-bond acceptors (Lipinski definition) is 5. The largest absolute Gasteiger partial charge is 0.459 e. The van der Waals surface area contributed by atoms with E-state index in [0.29, 0.717) is 18.5 Å². The number of furan rings is 1. The maximum Gasteiger partial charge on any atom is 0.287 e. The van der Waals surface area contributed by atoms with Gasteiger partial charge in [0.05, 0.1) is 16.9 Å². The molecule has 0 radical (unpaired) electrons. The summed E-state index contributed by atoms with van der Waals surface area (Å²) in [6.07, 6.45) is 1.94. The van der Waals surface area contributed by atoms with Gasteiger partial charge in [-0.05, 0) is 31.5 Å². The lowest BCUT2D eigenvalue weighted by atomic mass is 10.2. The summed E-state index contributed by atoms with van der Waals surface area (Å²) in [6.45, 7) is 2.25. The van der Waals surface area contributed by atoms with Gasteiger partial charge in [-0.2, -0.15) is 0 Å². The van der Waals surface area contributed by atoms with Crippen molar-refractivity contribution in [2.75, 3.05) is 6.54 Å². The Bertz CT molecular complexity index is 751. The maximum atomic E-state index is 12.4. The molecule has 1 aromatic carbocycles. The van der Waals surface area contributed by atoms with Crippen LogP contribution in [0, 0.1) is 0 Å². The normalized spacial score (nSPS) is 12.8. The van der Waals surface area contributed by atoms with Crippen LogP contribution in [0.4, 0.5) is 0 Å². The van der Waals surface area contributed by atoms with E-state index in [1.54, 1.807) is 18.2 Å². The zero-order chi connectivity index (χ0) is 16.9. The first-order valence-corrected chi connectivity index (χ1v) is 8.93. The summed E-state index contributed by atoms with van der Waals surface area (Å²) in [6, 6.07) is 9.59. The Morgan fingerprint density at radius 3 is 2.61 bits per heavy atom. The van der Waals surface area contributed by atoms with Crippen LogP contribution in [0.15, 0.2) is 52.0 Å². The molecule has 2 aromatic rings. The fourth-order valence-electron chi connectivity index (χ4n) is 2.06. The molecule has 7 heteroatoms. The molecule has 0 aliphatic heterocycles. The second kappa shape index (κ2) is 7.43. The van der Waals surface area contributed by atoms with Crippen LogP contribution in [-0.4, -0.2) is 26.9 Å². The fourth-order valence-corrected chi connectivity index (χ4v) is 3.43. The SMILES string of the molecule is CC(N)CCNC(=O)c1occc1CS(=O)(=O)c1ccccc1. The molecular formula is C16H20N2O4S. The minimum atomic E-state index is -3.53. The number of nitrogens with one attached hydrogen (secondary N) is 1. The Hall–Kier alpha value is -2.12. The fraction of sp³-hybridized carbons (Fsp3) is 0.312. The molecule has 1 unspecified atom stereocenters. The average molecular weight is 336 g/mol. The van der Waals surface area contributed by atoms with Crippen LogP contribution in [0.3, 0.4) is 0 Å². The lowest BCUT2D eigenvalue weighted by molar-refractivity contribution is 0.0924. The van der Waals surface area contributed by atoms with Gasteiger partial charge in [0.2, 0.25) is 0 Å². The predicted molar refractivity (Wildman–Crippen MR) is 86.6 cm³/mol. The van der Waals surface area contributed by atoms with E-state index >= 15 is 0 Å². The number of sulfone groups is 1. The molecule has 1 aromatic heterocycles. The summed E-state index contributed by atoms with van der Waals surface area (Å²) in [4.78, 5) is 12.3. The van der Waals surface area contributed by atoms with Crippen LogP contribution >= 0.6 is 0 Å². The Kier molecular flexibility index (Phi) is 5.57. The molecular weight excluding hydrogens is 316 g/mol. The second-order valence-corrected chi connectivity index (χ2v) is 7.36. The molecule has 0 aliphatic carbocycles. The van der Waals surface area contributed by atoms with Crippen LogP contribution < -0.4 is 11.1 Å². The molecule has 3 N–H and O–H groups in total. The van der Waals surface area contributed by atoms with Crippen LogP contribution in [-0.2, 0) is 15.6 Å². The molecule has 0 saturated carbocycles. The van der Waals surface area contributed by atoms with Gasteiger partial charge in [-0.25, -0.2) is 8.42 Å². The molecule has 6 nitrogen and oxygen atoms in total. The van der Waals surface area contributed by atoms with Gasteiger partial charge in [0.15, 0.2) is 15.6 Å². The van der Waals surface area contributed by atoms with E-state index in [4.69, 9.17) is 10.2 Å². The number of rotatable bonds is 7. The molecule has 0 aliphatic rings. The minimum absolute atomic E-state index is 0.0224. The van der Waals surface area contributed by atoms with E-state index in [2.05, 4.69) is 5.32 Å². The highest BCUT2D eigenvalue weighted by molar-refractivity contribution is 7.90. The van der Waals surface area contributed by atoms with Gasteiger partial charge < -0.3 is 15.5 Å². The third-order valence-electron chi connectivity index (χ3n) is 3.29. The summed E-state index contributed by atoms with van der Waals surface area (Å²) < 4.78 is 29.9. The average Bonchev–Trinajstić information content (AvgIpc) is 2.95. The monoisotopic (exact) mass is 336 g/mol. The first kappa shape index (κ1) is 17.2. The summed E-state index contributed by atoms with van der Waals surface area (Å²) in [5.74, 6) is -0.702. The number of nitrogens with two attached hydrogens (primary N) is 1. The summed E-state index contributed by atoms with van der Waals surface area (Å²) >= 11 is 0. The van der Waals surface area contributed by atoms with Gasteiger partial charge in [0.25, 0.3) is 5.91 Å². The second-order valence-electron chi connectivity index (χ2n) is 5.37. The zero-order valence-corrected chi connectivity index (χ0v) is 13.7. The Morgan fingerprint density at radius 1 is 1.26 bits per heavy atom. The quantitative estimate of drug-likeness (QED) is 0.801. The summed E-state index contributed by atoms with van der Waals surface area (Å²) in [5, 5.41) is 2.67. The molecule has 0 spiro atoms. The van der Waals surface area contributed by atoms with Crippen molar-refractivity contribution in [3.05, 3.63) is 54.0 Å². The van der Waals surface area contributed by atoms with Gasteiger partial charge in [-0.3, -0.25) is 4.79 Å². The van der Waals surface area contributed by atoms with Crippen molar-refractivity contribution < 1.29 is 17.6 Å². The Balaban J connectivity index is 2.11. The zero-order valence-electron chi connectivity index (χ0n) is 12.9. The van der Waals surface area contributed by atoms with E-state index < -0.39 is 15.7 Å². The van der Waals surface area contributed by atoms with Crippen molar-refractivity contribution in [1.82, 2.24) is 5.32 Å². The van der Waals surface area contributed by atoms with Crippen LogP contribution in [0.5, 0.6) is 0 Å².